The molecule has 4 heteroatoms. The van der Waals surface area contributed by atoms with Crippen LogP contribution < -0.4 is 0 Å². The zero-order valence-corrected chi connectivity index (χ0v) is 12.0. The van der Waals surface area contributed by atoms with Gasteiger partial charge in [-0.3, -0.25) is 0 Å². The summed E-state index contributed by atoms with van der Waals surface area (Å²) in [7, 11) is 0. The molecule has 1 aromatic heterocycles. The molecule has 0 fully saturated rings. The molecule has 1 N–H and O–H groups in total. The van der Waals surface area contributed by atoms with Crippen LogP contribution in [0.5, 0.6) is 0 Å². The molecule has 1 heterocycles. The molecule has 1 rings (SSSR count). The fourth-order valence-corrected chi connectivity index (χ4v) is 1.43. The minimum Gasteiger partial charge on any atom is -0.418 e. The van der Waals surface area contributed by atoms with Gasteiger partial charge in [0.15, 0.2) is 0 Å². The fraction of sp³-hybridized carbons (Fsp3) is 0.571. The molecular weight excluding hydrogens is 228 g/mol. The van der Waals surface area contributed by atoms with Gasteiger partial charge in [-0.1, -0.05) is 31.6 Å². The minimum absolute atomic E-state index is 0.232. The molecule has 0 aliphatic carbocycles. The number of rotatable bonds is 4. The first-order valence-corrected chi connectivity index (χ1v) is 6.17. The van der Waals surface area contributed by atoms with Gasteiger partial charge in [-0.15, -0.1) is 10.2 Å². The van der Waals surface area contributed by atoms with E-state index < -0.39 is 5.60 Å². The van der Waals surface area contributed by atoms with Crippen molar-refractivity contribution in [2.75, 3.05) is 0 Å². The summed E-state index contributed by atoms with van der Waals surface area (Å²) in [6.45, 7) is 11.5. The van der Waals surface area contributed by atoms with Crippen molar-refractivity contribution in [2.45, 2.75) is 47.1 Å². The third-order valence-electron chi connectivity index (χ3n) is 2.80. The molecule has 0 aliphatic heterocycles. The molecule has 18 heavy (non-hydrogen) atoms. The van der Waals surface area contributed by atoms with E-state index in [0.717, 1.165) is 5.57 Å². The van der Waals surface area contributed by atoms with Crippen LogP contribution in [0.15, 0.2) is 22.1 Å². The Labute approximate surface area is 108 Å². The van der Waals surface area contributed by atoms with Crippen molar-refractivity contribution in [1.82, 2.24) is 10.2 Å². The van der Waals surface area contributed by atoms with Gasteiger partial charge in [-0.25, -0.2) is 0 Å². The van der Waals surface area contributed by atoms with Crippen LogP contribution in [0.25, 0.3) is 5.57 Å². The maximum absolute atomic E-state index is 9.83. The summed E-state index contributed by atoms with van der Waals surface area (Å²) in [4.78, 5) is 0. The maximum Gasteiger partial charge on any atom is 0.247 e. The van der Waals surface area contributed by atoms with Gasteiger partial charge in [-0.05, 0) is 33.6 Å². The molecule has 0 radical (unpaired) electrons. The Morgan fingerprint density at radius 1 is 1.33 bits per heavy atom. The molecule has 0 atom stereocenters. The van der Waals surface area contributed by atoms with Crippen molar-refractivity contribution in [3.05, 3.63) is 29.5 Å². The number of aromatic nitrogens is 2. The van der Waals surface area contributed by atoms with Crippen LogP contribution >= 0.6 is 0 Å². The van der Waals surface area contributed by atoms with E-state index in [2.05, 4.69) is 24.0 Å². The van der Waals surface area contributed by atoms with Crippen LogP contribution in [0.2, 0.25) is 0 Å². The van der Waals surface area contributed by atoms with Crippen LogP contribution in [0.4, 0.5) is 0 Å². The van der Waals surface area contributed by atoms with Gasteiger partial charge in [0.1, 0.15) is 5.60 Å². The molecule has 0 amide bonds. The lowest BCUT2D eigenvalue weighted by molar-refractivity contribution is 0.0478. The van der Waals surface area contributed by atoms with Crippen molar-refractivity contribution in [2.24, 2.45) is 5.92 Å². The highest BCUT2D eigenvalue weighted by Crippen LogP contribution is 2.26. The predicted octanol–water partition coefficient (Wildman–Crippen LogP) is 3.30. The normalized spacial score (nSPS) is 14.4. The molecule has 0 aromatic carbocycles. The van der Waals surface area contributed by atoms with E-state index in [0.29, 0.717) is 11.8 Å². The summed E-state index contributed by atoms with van der Waals surface area (Å²) in [6.07, 6.45) is 3.90. The Morgan fingerprint density at radius 2 is 1.94 bits per heavy atom. The zero-order chi connectivity index (χ0) is 13.9. The molecule has 0 unspecified atom stereocenters. The Hall–Kier alpha value is -1.42. The van der Waals surface area contributed by atoms with Crippen LogP contribution in [-0.2, 0) is 5.60 Å². The van der Waals surface area contributed by atoms with Gasteiger partial charge < -0.3 is 9.52 Å². The van der Waals surface area contributed by atoms with Gasteiger partial charge in [0.05, 0.1) is 0 Å². The van der Waals surface area contributed by atoms with Gasteiger partial charge in [0.2, 0.25) is 11.8 Å². The first kappa shape index (κ1) is 14.6. The minimum atomic E-state index is -1.11. The van der Waals surface area contributed by atoms with Crippen molar-refractivity contribution in [3.63, 3.8) is 0 Å². The standard InChI is InChI=1S/C14H22N2O2/c1-7-8-11(10(4)9(2)3)12-15-16-13(18-12)14(5,6)17/h7-9,17H,1-6H3/b8-7-,11-10-. The molecule has 0 aliphatic rings. The number of aliphatic hydroxyl groups is 1. The first-order chi connectivity index (χ1) is 8.27. The van der Waals surface area contributed by atoms with E-state index >= 15 is 0 Å². The summed E-state index contributed by atoms with van der Waals surface area (Å²) < 4.78 is 5.55. The maximum atomic E-state index is 9.83. The predicted molar refractivity (Wildman–Crippen MR) is 71.8 cm³/mol. The number of hydrogen-bond donors (Lipinski definition) is 1. The second-order valence-corrected chi connectivity index (χ2v) is 5.22. The summed E-state index contributed by atoms with van der Waals surface area (Å²) in [5, 5.41) is 17.7. The van der Waals surface area contributed by atoms with Crippen molar-refractivity contribution < 1.29 is 9.52 Å². The van der Waals surface area contributed by atoms with E-state index in [1.54, 1.807) is 13.8 Å². The van der Waals surface area contributed by atoms with Gasteiger partial charge in [0, 0.05) is 5.57 Å². The molecular formula is C14H22N2O2. The zero-order valence-electron chi connectivity index (χ0n) is 12.0. The Morgan fingerprint density at radius 3 is 2.33 bits per heavy atom. The SMILES string of the molecule is C/C=C\C(=C(/C)C(C)C)c1nnc(C(C)(C)O)o1. The average molecular weight is 250 g/mol. The van der Waals surface area contributed by atoms with Crippen molar-refractivity contribution in [1.29, 1.82) is 0 Å². The monoisotopic (exact) mass is 250 g/mol. The Kier molecular flexibility index (Phi) is 4.46. The van der Waals surface area contributed by atoms with E-state index in [9.17, 15) is 5.11 Å². The summed E-state index contributed by atoms with van der Waals surface area (Å²) in [5.41, 5.74) is 0.993. The highest BCUT2D eigenvalue weighted by atomic mass is 16.4. The van der Waals surface area contributed by atoms with E-state index in [1.807, 2.05) is 26.0 Å². The highest BCUT2D eigenvalue weighted by molar-refractivity contribution is 5.71. The Balaban J connectivity index is 3.25. The van der Waals surface area contributed by atoms with E-state index in [-0.39, 0.29) is 5.89 Å². The van der Waals surface area contributed by atoms with Crippen molar-refractivity contribution in [3.8, 4) is 0 Å². The van der Waals surface area contributed by atoms with Crippen LogP contribution in [0.1, 0.15) is 53.3 Å². The van der Waals surface area contributed by atoms with Crippen LogP contribution in [0, 0.1) is 5.92 Å². The Bertz CT molecular complexity index is 462. The van der Waals surface area contributed by atoms with E-state index in [4.69, 9.17) is 4.42 Å². The second kappa shape index (κ2) is 5.48. The number of allylic oxidation sites excluding steroid dienone is 4. The van der Waals surface area contributed by atoms with Crippen LogP contribution in [-0.4, -0.2) is 15.3 Å². The van der Waals surface area contributed by atoms with Crippen molar-refractivity contribution >= 4 is 5.57 Å². The fourth-order valence-electron chi connectivity index (χ4n) is 1.43. The molecule has 4 nitrogen and oxygen atoms in total. The molecule has 0 spiro atoms. The highest BCUT2D eigenvalue weighted by Gasteiger charge is 2.24. The molecule has 0 saturated heterocycles. The van der Waals surface area contributed by atoms with Crippen LogP contribution in [0.3, 0.4) is 0 Å². The third kappa shape index (κ3) is 3.29. The molecule has 0 saturated carbocycles. The lowest BCUT2D eigenvalue weighted by atomic mass is 9.98. The lowest BCUT2D eigenvalue weighted by Crippen LogP contribution is -2.15. The van der Waals surface area contributed by atoms with E-state index in [1.165, 1.54) is 5.57 Å². The quantitative estimate of drug-likeness (QED) is 0.833. The third-order valence-corrected chi connectivity index (χ3v) is 2.80. The van der Waals surface area contributed by atoms with Gasteiger partial charge in [-0.2, -0.15) is 0 Å². The summed E-state index contributed by atoms with van der Waals surface area (Å²) in [5.74, 6) is 1.08. The number of nitrogens with zero attached hydrogens (tertiary/aromatic N) is 2. The second-order valence-electron chi connectivity index (χ2n) is 5.22. The molecule has 0 bridgehead atoms. The molecule has 1 aromatic rings. The summed E-state index contributed by atoms with van der Waals surface area (Å²) >= 11 is 0. The van der Waals surface area contributed by atoms with Gasteiger partial charge in [0.25, 0.3) is 0 Å². The first-order valence-electron chi connectivity index (χ1n) is 6.17. The lowest BCUT2D eigenvalue weighted by Gasteiger charge is -2.11. The summed E-state index contributed by atoms with van der Waals surface area (Å²) in [6, 6.07) is 0. The molecule has 100 valence electrons. The smallest absolute Gasteiger partial charge is 0.247 e. The van der Waals surface area contributed by atoms with Gasteiger partial charge >= 0.3 is 0 Å². The largest absolute Gasteiger partial charge is 0.418 e. The topological polar surface area (TPSA) is 59.2 Å². The average Bonchev–Trinajstić information content (AvgIpc) is 2.73. The number of hydrogen-bond acceptors (Lipinski definition) is 4.